The van der Waals surface area contributed by atoms with Crippen molar-refractivity contribution in [2.24, 2.45) is 0 Å². The van der Waals surface area contributed by atoms with Crippen molar-refractivity contribution < 1.29 is 13.9 Å². The average molecular weight is 427 g/mol. The largest absolute Gasteiger partial charge is 0.452 e. The predicted octanol–water partition coefficient (Wildman–Crippen LogP) is 6.59. The van der Waals surface area contributed by atoms with Gasteiger partial charge in [-0.05, 0) is 60.2 Å². The highest BCUT2D eigenvalue weighted by atomic mass is 16.5. The second kappa shape index (κ2) is 8.12. The van der Waals surface area contributed by atoms with Crippen molar-refractivity contribution in [1.29, 1.82) is 0 Å². The van der Waals surface area contributed by atoms with Gasteiger partial charge in [0.1, 0.15) is 5.58 Å². The van der Waals surface area contributed by atoms with Gasteiger partial charge >= 0.3 is 5.97 Å². The molecule has 1 aromatic heterocycles. The van der Waals surface area contributed by atoms with Crippen molar-refractivity contribution in [2.75, 3.05) is 0 Å². The monoisotopic (exact) mass is 426 g/mol. The molecule has 0 spiro atoms. The summed E-state index contributed by atoms with van der Waals surface area (Å²) in [6.07, 6.45) is 0. The number of carbonyl (C=O) groups is 1. The van der Waals surface area contributed by atoms with Crippen LogP contribution < -0.4 is 10.2 Å². The molecule has 4 nitrogen and oxygen atoms in total. The molecule has 0 amide bonds. The maximum atomic E-state index is 13.4. The lowest BCUT2D eigenvalue weighted by atomic mass is 9.87. The minimum Gasteiger partial charge on any atom is -0.452 e. The van der Waals surface area contributed by atoms with Gasteiger partial charge in [-0.25, -0.2) is 4.79 Å². The lowest BCUT2D eigenvalue weighted by Gasteiger charge is -2.19. The number of carbonyl (C=O) groups excluding carboxylic acids is 1. The van der Waals surface area contributed by atoms with Crippen molar-refractivity contribution >= 4 is 16.9 Å². The molecule has 0 fully saturated rings. The summed E-state index contributed by atoms with van der Waals surface area (Å²) in [7, 11) is 0. The van der Waals surface area contributed by atoms with Gasteiger partial charge in [-0.1, -0.05) is 63.2 Å². The van der Waals surface area contributed by atoms with Crippen LogP contribution in [0.4, 0.5) is 0 Å². The van der Waals surface area contributed by atoms with Crippen molar-refractivity contribution in [3.63, 3.8) is 0 Å². The van der Waals surface area contributed by atoms with Crippen molar-refractivity contribution in [2.45, 2.75) is 40.0 Å². The van der Waals surface area contributed by atoms with Gasteiger partial charge in [-0.3, -0.25) is 4.79 Å². The molecule has 4 rings (SSSR count). The molecule has 0 N–H and O–H groups in total. The molecule has 32 heavy (non-hydrogen) atoms. The molecule has 4 heteroatoms. The van der Waals surface area contributed by atoms with Crippen LogP contribution in [0.3, 0.4) is 0 Å². The zero-order valence-electron chi connectivity index (χ0n) is 19.0. The van der Waals surface area contributed by atoms with E-state index in [1.807, 2.05) is 62.4 Å². The molecule has 0 saturated heterocycles. The van der Waals surface area contributed by atoms with E-state index in [2.05, 4.69) is 20.8 Å². The summed E-state index contributed by atoms with van der Waals surface area (Å²) in [6.45, 7) is 10.2. The first-order valence-corrected chi connectivity index (χ1v) is 10.6. The molecule has 0 aliphatic heterocycles. The Kier molecular flexibility index (Phi) is 5.47. The van der Waals surface area contributed by atoms with Gasteiger partial charge in [0, 0.05) is 5.56 Å². The molecule has 0 radical (unpaired) electrons. The summed E-state index contributed by atoms with van der Waals surface area (Å²) in [6, 6.07) is 20.1. The Balaban J connectivity index is 1.83. The van der Waals surface area contributed by atoms with Crippen LogP contribution in [0.1, 0.15) is 47.8 Å². The van der Waals surface area contributed by atoms with Gasteiger partial charge in [-0.15, -0.1) is 0 Å². The molecular weight excluding hydrogens is 400 g/mol. The topological polar surface area (TPSA) is 56.5 Å². The van der Waals surface area contributed by atoms with Gasteiger partial charge < -0.3 is 9.15 Å². The minimum atomic E-state index is -0.599. The summed E-state index contributed by atoms with van der Waals surface area (Å²) in [5, 5.41) is 0.388. The first-order valence-electron chi connectivity index (χ1n) is 10.6. The lowest BCUT2D eigenvalue weighted by Crippen LogP contribution is -2.17. The molecule has 162 valence electrons. The fourth-order valence-corrected chi connectivity index (χ4v) is 3.56. The van der Waals surface area contributed by atoms with Gasteiger partial charge in [-0.2, -0.15) is 0 Å². The SMILES string of the molecule is Cc1cc2oc(-c3ccccc3)c(OC(=O)c3ccc(C(C)(C)C)cc3)c(=O)c2cc1C. The van der Waals surface area contributed by atoms with Crippen LogP contribution in [0, 0.1) is 13.8 Å². The van der Waals surface area contributed by atoms with Crippen molar-refractivity contribution in [3.8, 4) is 17.1 Å². The van der Waals surface area contributed by atoms with E-state index < -0.39 is 5.97 Å². The zero-order valence-corrected chi connectivity index (χ0v) is 19.0. The van der Waals surface area contributed by atoms with Gasteiger partial charge in [0.2, 0.25) is 11.2 Å². The van der Waals surface area contributed by atoms with E-state index in [1.54, 1.807) is 18.2 Å². The van der Waals surface area contributed by atoms with E-state index in [1.165, 1.54) is 0 Å². The highest BCUT2D eigenvalue weighted by Crippen LogP contribution is 2.32. The van der Waals surface area contributed by atoms with Crippen LogP contribution in [-0.4, -0.2) is 5.97 Å². The van der Waals surface area contributed by atoms with Crippen LogP contribution in [0.15, 0.2) is 75.9 Å². The molecule has 4 aromatic rings. The number of hydrogen-bond donors (Lipinski definition) is 0. The predicted molar refractivity (Wildman–Crippen MR) is 127 cm³/mol. The lowest BCUT2D eigenvalue weighted by molar-refractivity contribution is 0.0731. The second-order valence-electron chi connectivity index (χ2n) is 9.10. The zero-order chi connectivity index (χ0) is 23.0. The number of hydrogen-bond acceptors (Lipinski definition) is 4. The third kappa shape index (κ3) is 4.09. The molecule has 0 atom stereocenters. The first-order chi connectivity index (χ1) is 15.1. The highest BCUT2D eigenvalue weighted by molar-refractivity contribution is 5.93. The third-order valence-corrected chi connectivity index (χ3v) is 5.68. The molecule has 1 heterocycles. The smallest absolute Gasteiger partial charge is 0.343 e. The van der Waals surface area contributed by atoms with E-state index in [-0.39, 0.29) is 22.4 Å². The van der Waals surface area contributed by atoms with Crippen molar-refractivity contribution in [1.82, 2.24) is 0 Å². The Morgan fingerprint density at radius 1 is 0.875 bits per heavy atom. The molecule has 3 aromatic carbocycles. The Morgan fingerprint density at radius 2 is 1.50 bits per heavy atom. The van der Waals surface area contributed by atoms with E-state index >= 15 is 0 Å². The molecule has 0 saturated carbocycles. The normalized spacial score (nSPS) is 11.5. The standard InChI is InChI=1S/C28H26O4/c1-17-15-22-23(16-18(17)2)31-25(19-9-7-6-8-10-19)26(24(22)29)32-27(30)20-11-13-21(14-12-20)28(3,4)5/h6-16H,1-5H3. The molecule has 0 bridgehead atoms. The Bertz CT molecular complexity index is 1360. The number of fused-ring (bicyclic) bond motifs is 1. The highest BCUT2D eigenvalue weighted by Gasteiger charge is 2.22. The second-order valence-corrected chi connectivity index (χ2v) is 9.10. The maximum Gasteiger partial charge on any atom is 0.343 e. The molecule has 0 aliphatic rings. The summed E-state index contributed by atoms with van der Waals surface area (Å²) in [4.78, 5) is 26.4. The van der Waals surface area contributed by atoms with Crippen molar-refractivity contribution in [3.05, 3.63) is 99.2 Å². The number of benzene rings is 3. The number of rotatable bonds is 3. The summed E-state index contributed by atoms with van der Waals surface area (Å²) in [5.41, 5.74) is 4.19. The van der Waals surface area contributed by atoms with Gasteiger partial charge in [0.25, 0.3) is 0 Å². The number of aryl methyl sites for hydroxylation is 2. The number of ether oxygens (including phenoxy) is 1. The fourth-order valence-electron chi connectivity index (χ4n) is 3.56. The molecule has 0 aliphatic carbocycles. The maximum absolute atomic E-state index is 13.4. The van der Waals surface area contributed by atoms with Gasteiger partial charge in [0.05, 0.1) is 10.9 Å². The first kappa shape index (κ1) is 21.6. The van der Waals surface area contributed by atoms with Gasteiger partial charge in [0.15, 0.2) is 5.76 Å². The fraction of sp³-hybridized carbons (Fsp3) is 0.214. The van der Waals surface area contributed by atoms with Crippen LogP contribution in [-0.2, 0) is 5.41 Å². The van der Waals surface area contributed by atoms with Crippen LogP contribution in [0.2, 0.25) is 0 Å². The average Bonchev–Trinajstić information content (AvgIpc) is 2.77. The Labute approximate surface area is 187 Å². The molecular formula is C28H26O4. The van der Waals surface area contributed by atoms with E-state index in [0.29, 0.717) is 22.1 Å². The third-order valence-electron chi connectivity index (χ3n) is 5.68. The van der Waals surface area contributed by atoms with Crippen LogP contribution >= 0.6 is 0 Å². The summed E-state index contributed by atoms with van der Waals surface area (Å²) in [5.74, 6) is -0.457. The summed E-state index contributed by atoms with van der Waals surface area (Å²) >= 11 is 0. The molecule has 0 unspecified atom stereocenters. The number of esters is 1. The quantitative estimate of drug-likeness (QED) is 0.347. The minimum absolute atomic E-state index is 0.0294. The van der Waals surface area contributed by atoms with E-state index in [9.17, 15) is 9.59 Å². The van der Waals surface area contributed by atoms with Crippen LogP contribution in [0.25, 0.3) is 22.3 Å². The van der Waals surface area contributed by atoms with Crippen LogP contribution in [0.5, 0.6) is 5.75 Å². The van der Waals surface area contributed by atoms with E-state index in [0.717, 1.165) is 16.7 Å². The Hall–Kier alpha value is -3.66. The van der Waals surface area contributed by atoms with E-state index in [4.69, 9.17) is 9.15 Å². The Morgan fingerprint density at radius 3 is 2.12 bits per heavy atom. The summed E-state index contributed by atoms with van der Waals surface area (Å²) < 4.78 is 11.8.